The summed E-state index contributed by atoms with van der Waals surface area (Å²) < 4.78 is 104. The Kier molecular flexibility index (Phi) is 11.4. The van der Waals surface area contributed by atoms with Crippen LogP contribution in [0.5, 0.6) is 5.75 Å². The van der Waals surface area contributed by atoms with Gasteiger partial charge in [0.25, 0.3) is 5.56 Å². The normalized spacial score (nSPS) is 31.6. The summed E-state index contributed by atoms with van der Waals surface area (Å²) >= 11 is 0.635. The monoisotopic (exact) mass is 898 g/mol. The lowest BCUT2D eigenvalue weighted by Gasteiger charge is -2.28. The van der Waals surface area contributed by atoms with Gasteiger partial charge in [0, 0.05) is 5.75 Å². The van der Waals surface area contributed by atoms with Gasteiger partial charge in [-0.2, -0.15) is 4.98 Å². The molecule has 4 aromatic heterocycles. The molecule has 3 aliphatic heterocycles. The average molecular weight is 899 g/mol. The van der Waals surface area contributed by atoms with Crippen molar-refractivity contribution in [1.82, 2.24) is 39.0 Å². The number of nitrogens with one attached hydrogen (secondary N) is 1. The number of anilines is 2. The minimum atomic E-state index is -4.75. The number of benzene rings is 1. The molecule has 60 heavy (non-hydrogen) atoms. The van der Waals surface area contributed by atoms with Crippen LogP contribution < -0.4 is 21.8 Å². The Morgan fingerprint density at radius 1 is 0.950 bits per heavy atom. The molecule has 0 spiro atoms. The van der Waals surface area contributed by atoms with Gasteiger partial charge in [0.05, 0.1) is 31.3 Å². The van der Waals surface area contributed by atoms with Crippen molar-refractivity contribution >= 4 is 65.8 Å². The molecule has 22 nitrogen and oxygen atoms in total. The van der Waals surface area contributed by atoms with E-state index in [1.165, 1.54) is 23.0 Å². The van der Waals surface area contributed by atoms with Gasteiger partial charge < -0.3 is 39.8 Å². The number of aromatic amines is 1. The Labute approximate surface area is 341 Å². The van der Waals surface area contributed by atoms with Crippen LogP contribution in [0.2, 0.25) is 0 Å². The molecule has 10 atom stereocenters. The molecule has 2 unspecified atom stereocenters. The van der Waals surface area contributed by atoms with Crippen molar-refractivity contribution in [2.24, 2.45) is 5.41 Å². The van der Waals surface area contributed by atoms with E-state index >= 15 is 8.78 Å². The summed E-state index contributed by atoms with van der Waals surface area (Å²) in [6.45, 7) is -1.11. The van der Waals surface area contributed by atoms with Crippen LogP contribution in [0.1, 0.15) is 38.8 Å². The summed E-state index contributed by atoms with van der Waals surface area (Å²) in [4.78, 5) is 58.4. The number of fused-ring (bicyclic) bond motifs is 5. The van der Waals surface area contributed by atoms with Gasteiger partial charge in [0.1, 0.15) is 48.4 Å². The van der Waals surface area contributed by atoms with Crippen molar-refractivity contribution in [3.05, 3.63) is 59.2 Å². The maximum absolute atomic E-state index is 16.6. The molecule has 0 amide bonds. The Morgan fingerprint density at radius 3 is 2.37 bits per heavy atom. The molecule has 3 saturated heterocycles. The van der Waals surface area contributed by atoms with Gasteiger partial charge in [-0.15, -0.1) is 0 Å². The summed E-state index contributed by atoms with van der Waals surface area (Å²) in [7, 11) is -4.75. The highest BCUT2D eigenvalue weighted by Gasteiger charge is 2.54. The first kappa shape index (κ1) is 42.3. The van der Waals surface area contributed by atoms with Gasteiger partial charge in [-0.3, -0.25) is 37.3 Å². The Hall–Kier alpha value is -4.42. The number of hydrogen-bond donors (Lipinski definition) is 4. The molecular weight excluding hydrogens is 860 g/mol. The Morgan fingerprint density at radius 2 is 1.63 bits per heavy atom. The van der Waals surface area contributed by atoms with Crippen molar-refractivity contribution in [3.8, 4) is 5.75 Å². The maximum Gasteiger partial charge on any atom is 0.390 e. The zero-order valence-corrected chi connectivity index (χ0v) is 34.4. The fraction of sp³-hybridized carbons (Fsp3) is 0.485. The van der Waals surface area contributed by atoms with E-state index < -0.39 is 100 Å². The topological polar surface area (TPSA) is 295 Å². The summed E-state index contributed by atoms with van der Waals surface area (Å²) in [5, 5.41) is 0. The molecule has 1 aromatic carbocycles. The Bertz CT molecular complexity index is 2580. The molecule has 5 aromatic rings. The van der Waals surface area contributed by atoms with Crippen LogP contribution in [0, 0.1) is 5.41 Å². The predicted octanol–water partition coefficient (Wildman–Crippen LogP) is 3.55. The van der Waals surface area contributed by atoms with Gasteiger partial charge in [0.15, 0.2) is 47.4 Å². The number of aromatic nitrogens is 8. The number of carbonyl (C=O) groups is 1. The maximum atomic E-state index is 16.6. The van der Waals surface area contributed by atoms with E-state index in [-0.39, 0.29) is 45.6 Å². The number of rotatable bonds is 6. The first-order valence-electron chi connectivity index (χ1n) is 18.1. The van der Waals surface area contributed by atoms with Crippen LogP contribution in [0.25, 0.3) is 22.3 Å². The summed E-state index contributed by atoms with van der Waals surface area (Å²) in [6.07, 6.45) is -11.6. The van der Waals surface area contributed by atoms with E-state index in [0.29, 0.717) is 16.9 Å². The highest BCUT2D eigenvalue weighted by molar-refractivity contribution is 8.54. The van der Waals surface area contributed by atoms with Gasteiger partial charge >= 0.3 is 20.4 Å². The molecule has 322 valence electrons. The molecule has 3 aliphatic rings. The highest BCUT2D eigenvalue weighted by Crippen LogP contribution is 2.65. The molecule has 2 bridgehead atoms. The molecule has 0 aliphatic carbocycles. The molecule has 27 heteroatoms. The summed E-state index contributed by atoms with van der Waals surface area (Å²) in [6, 6.07) is 6.28. The lowest BCUT2D eigenvalue weighted by atomic mass is 9.97. The van der Waals surface area contributed by atoms with Gasteiger partial charge in [0.2, 0.25) is 5.95 Å². The molecule has 6 N–H and O–H groups in total. The lowest BCUT2D eigenvalue weighted by Crippen LogP contribution is -2.36. The fourth-order valence-corrected chi connectivity index (χ4v) is 10.7. The van der Waals surface area contributed by atoms with E-state index in [9.17, 15) is 23.6 Å². The van der Waals surface area contributed by atoms with Crippen LogP contribution >= 0.6 is 25.8 Å². The quantitative estimate of drug-likeness (QED) is 0.108. The van der Waals surface area contributed by atoms with Crippen LogP contribution in [0.15, 0.2) is 48.0 Å². The number of H-pyrrole nitrogens is 1. The minimum Gasteiger partial charge on any atom is -0.426 e. The predicted molar refractivity (Wildman–Crippen MR) is 207 cm³/mol. The van der Waals surface area contributed by atoms with Crippen molar-refractivity contribution < 1.29 is 60.1 Å². The fourth-order valence-electron chi connectivity index (χ4n) is 6.49. The van der Waals surface area contributed by atoms with Crippen molar-refractivity contribution in [1.29, 1.82) is 0 Å². The van der Waals surface area contributed by atoms with E-state index in [1.54, 1.807) is 32.9 Å². The van der Waals surface area contributed by atoms with Crippen LogP contribution in [0.4, 0.5) is 20.5 Å². The smallest absolute Gasteiger partial charge is 0.390 e. The number of hydrogen-bond acceptors (Lipinski definition) is 19. The SMILES string of the molecule is CC(C)(C)C(=O)Oc1ccc(CSP2(=O)OC[C@H]3O[C@@H](n4cnc5c(N)ncnc54)[C@H](F)[C@@H]3OCP(=O)(O)OC[C@H]3O[C@@H](n4cnc5c(=O)[nH]c(N)nc54)[C@H](O2)[C@@H]3F)cc1. The zero-order chi connectivity index (χ0) is 42.7. The number of nitrogens with two attached hydrogens (primary N) is 2. The second-order valence-electron chi connectivity index (χ2n) is 14.9. The zero-order valence-electron chi connectivity index (χ0n) is 31.8. The molecule has 3 fully saturated rings. The van der Waals surface area contributed by atoms with Gasteiger partial charge in [-0.1, -0.05) is 12.1 Å². The van der Waals surface area contributed by atoms with Crippen molar-refractivity contribution in [3.63, 3.8) is 0 Å². The molecule has 8 rings (SSSR count). The third-order valence-electron chi connectivity index (χ3n) is 9.57. The first-order valence-corrected chi connectivity index (χ1v) is 23.0. The summed E-state index contributed by atoms with van der Waals surface area (Å²) in [5.41, 5.74) is 10.7. The number of alkyl halides is 2. The average Bonchev–Trinajstić information content (AvgIpc) is 3.96. The van der Waals surface area contributed by atoms with Crippen LogP contribution in [-0.2, 0) is 47.5 Å². The van der Waals surface area contributed by atoms with E-state index in [2.05, 4.69) is 29.9 Å². The standard InChI is InChI=1S/C33H38F2N10O12P2S/c1-33(2,3)31(47)54-16-6-4-15(5-7-16)10-60-59(50)53-9-18-23(20(35)29(56-18)44-12-40-21-25(36)38-11-39-26(21)44)51-14-58(48,49)52-8-17-19(34)24(57-59)30(55-17)45-13-41-22-27(45)42-32(37)43-28(22)46/h4-7,11-13,17-20,23-24,29-30H,8-10,14H2,1-3H3,(H,48,49)(H2,36,38,39)(H3,37,42,43,46)/t17-,18-,19-,20-,23-,24-,29-,30-,59?/m1/s1. The van der Waals surface area contributed by atoms with Crippen molar-refractivity contribution in [2.45, 2.75) is 75.7 Å². The van der Waals surface area contributed by atoms with Gasteiger partial charge in [-0.25, -0.2) is 33.3 Å². The number of esters is 1. The minimum absolute atomic E-state index is 0.0110. The van der Waals surface area contributed by atoms with Crippen LogP contribution in [0.3, 0.4) is 0 Å². The van der Waals surface area contributed by atoms with E-state index in [0.717, 1.165) is 17.2 Å². The number of carbonyl (C=O) groups excluding carboxylic acids is 1. The molecule has 7 heterocycles. The number of nitrogen functional groups attached to an aromatic ring is 2. The summed E-state index contributed by atoms with van der Waals surface area (Å²) in [5.74, 6) is -0.579. The van der Waals surface area contributed by atoms with E-state index in [1.807, 2.05) is 0 Å². The number of nitrogens with zero attached hydrogens (tertiary/aromatic N) is 7. The lowest BCUT2D eigenvalue weighted by molar-refractivity contribution is -0.143. The van der Waals surface area contributed by atoms with Crippen molar-refractivity contribution in [2.75, 3.05) is 31.0 Å². The second kappa shape index (κ2) is 16.1. The molecular formula is C33H38F2N10O12P2S. The second-order valence-corrected chi connectivity index (χ2v) is 20.8. The van der Waals surface area contributed by atoms with E-state index in [4.69, 9.17) is 44.0 Å². The van der Waals surface area contributed by atoms with Crippen LogP contribution in [-0.4, -0.2) is 106 Å². The number of imidazole rings is 2. The third-order valence-corrected chi connectivity index (χ3v) is 14.3. The van der Waals surface area contributed by atoms with Gasteiger partial charge in [-0.05, 0) is 49.8 Å². The number of ether oxygens (including phenoxy) is 4. The molecule has 0 saturated carbocycles. The Balaban J connectivity index is 1.13. The molecule has 0 radical (unpaired) electrons. The highest BCUT2D eigenvalue weighted by atomic mass is 32.7. The number of halogens is 2. The largest absolute Gasteiger partial charge is 0.426 e. The third kappa shape index (κ3) is 8.43. The first-order chi connectivity index (χ1) is 28.4.